The Morgan fingerprint density at radius 2 is 1.68 bits per heavy atom. The van der Waals surface area contributed by atoms with Gasteiger partial charge in [0.15, 0.2) is 0 Å². The van der Waals surface area contributed by atoms with Crippen LogP contribution in [-0.2, 0) is 11.2 Å². The van der Waals surface area contributed by atoms with Gasteiger partial charge in [0.25, 0.3) is 0 Å². The molecule has 2 nitrogen and oxygen atoms in total. The summed E-state index contributed by atoms with van der Waals surface area (Å²) in [7, 11) is 0. The lowest BCUT2D eigenvalue weighted by Crippen LogP contribution is -2.16. The van der Waals surface area contributed by atoms with Crippen molar-refractivity contribution < 1.29 is 4.79 Å². The molecule has 0 bridgehead atoms. The Hall–Kier alpha value is -1.20. The van der Waals surface area contributed by atoms with Gasteiger partial charge in [0, 0.05) is 22.5 Å². The summed E-state index contributed by atoms with van der Waals surface area (Å²) in [5.74, 6) is 0.178. The van der Waals surface area contributed by atoms with Crippen molar-refractivity contribution in [3.05, 3.63) is 69.3 Å². The van der Waals surface area contributed by atoms with Gasteiger partial charge in [-0.3, -0.25) is 4.79 Å². The Kier molecular flexibility index (Phi) is 5.10. The van der Waals surface area contributed by atoms with Gasteiger partial charge in [-0.05, 0) is 45.9 Å². The zero-order valence-electron chi connectivity index (χ0n) is 10.6. The Bertz CT molecular complexity index is 536. The standard InChI is InChI=1S/C16H16INO/c17-14-8-6-12(7-9-14)10-15(19)11-16(18)13-4-2-1-3-5-13/h1-9,16H,10-11,18H2. The van der Waals surface area contributed by atoms with Crippen molar-refractivity contribution in [2.24, 2.45) is 5.73 Å². The summed E-state index contributed by atoms with van der Waals surface area (Å²) in [4.78, 5) is 12.0. The number of hydrogen-bond donors (Lipinski definition) is 1. The lowest BCUT2D eigenvalue weighted by Gasteiger charge is -2.11. The maximum Gasteiger partial charge on any atom is 0.139 e. The minimum atomic E-state index is -0.211. The SMILES string of the molecule is NC(CC(=O)Cc1ccc(I)cc1)c1ccccc1. The molecule has 0 spiro atoms. The number of carbonyl (C=O) groups is 1. The molecule has 0 aromatic heterocycles. The number of Topliss-reactive ketones (excluding diaryl/α,β-unsaturated/α-hetero) is 1. The molecule has 1 atom stereocenters. The molecule has 2 aromatic carbocycles. The molecule has 0 aliphatic carbocycles. The number of hydrogen-bond acceptors (Lipinski definition) is 2. The van der Waals surface area contributed by atoms with Gasteiger partial charge < -0.3 is 5.73 Å². The zero-order chi connectivity index (χ0) is 13.7. The molecule has 0 radical (unpaired) electrons. The van der Waals surface area contributed by atoms with Gasteiger partial charge in [-0.1, -0.05) is 42.5 Å². The highest BCUT2D eigenvalue weighted by atomic mass is 127. The quantitative estimate of drug-likeness (QED) is 0.825. The number of benzene rings is 2. The second-order valence-corrected chi connectivity index (χ2v) is 5.81. The second-order valence-electron chi connectivity index (χ2n) is 4.56. The van der Waals surface area contributed by atoms with Crippen LogP contribution in [0, 0.1) is 3.57 Å². The molecule has 19 heavy (non-hydrogen) atoms. The first kappa shape index (κ1) is 14.2. The molecule has 0 aliphatic heterocycles. The smallest absolute Gasteiger partial charge is 0.139 e. The highest BCUT2D eigenvalue weighted by Crippen LogP contribution is 2.15. The van der Waals surface area contributed by atoms with E-state index in [2.05, 4.69) is 22.6 Å². The van der Waals surface area contributed by atoms with Crippen LogP contribution in [0.4, 0.5) is 0 Å². The fraction of sp³-hybridized carbons (Fsp3) is 0.188. The molecule has 3 heteroatoms. The van der Waals surface area contributed by atoms with E-state index in [4.69, 9.17) is 5.73 Å². The predicted octanol–water partition coefficient (Wildman–Crippen LogP) is 3.49. The third-order valence-electron chi connectivity index (χ3n) is 2.99. The van der Waals surface area contributed by atoms with Crippen molar-refractivity contribution >= 4 is 28.4 Å². The highest BCUT2D eigenvalue weighted by molar-refractivity contribution is 14.1. The van der Waals surface area contributed by atoms with Crippen LogP contribution in [0.25, 0.3) is 0 Å². The van der Waals surface area contributed by atoms with Crippen molar-refractivity contribution in [2.45, 2.75) is 18.9 Å². The van der Waals surface area contributed by atoms with E-state index in [9.17, 15) is 4.79 Å². The van der Waals surface area contributed by atoms with Crippen molar-refractivity contribution in [2.75, 3.05) is 0 Å². The number of ketones is 1. The van der Waals surface area contributed by atoms with Crippen LogP contribution in [-0.4, -0.2) is 5.78 Å². The van der Waals surface area contributed by atoms with Crippen molar-refractivity contribution in [3.63, 3.8) is 0 Å². The Labute approximate surface area is 127 Å². The minimum Gasteiger partial charge on any atom is -0.324 e. The van der Waals surface area contributed by atoms with E-state index >= 15 is 0 Å². The van der Waals surface area contributed by atoms with Crippen LogP contribution in [0.1, 0.15) is 23.6 Å². The van der Waals surface area contributed by atoms with Crippen molar-refractivity contribution in [1.82, 2.24) is 0 Å². The first-order valence-electron chi connectivity index (χ1n) is 6.22. The maximum absolute atomic E-state index is 12.0. The average molecular weight is 365 g/mol. The molecule has 0 saturated carbocycles. The summed E-state index contributed by atoms with van der Waals surface area (Å²) < 4.78 is 1.18. The summed E-state index contributed by atoms with van der Waals surface area (Å²) in [6.07, 6.45) is 0.841. The van der Waals surface area contributed by atoms with Gasteiger partial charge >= 0.3 is 0 Å². The largest absolute Gasteiger partial charge is 0.324 e. The van der Waals surface area contributed by atoms with Crippen LogP contribution in [0.2, 0.25) is 0 Å². The first-order chi connectivity index (χ1) is 9.15. The Balaban J connectivity index is 1.93. The van der Waals surface area contributed by atoms with E-state index in [0.29, 0.717) is 12.8 Å². The van der Waals surface area contributed by atoms with E-state index < -0.39 is 0 Å². The van der Waals surface area contributed by atoms with Crippen LogP contribution >= 0.6 is 22.6 Å². The topological polar surface area (TPSA) is 43.1 Å². The Morgan fingerprint density at radius 1 is 1.05 bits per heavy atom. The van der Waals surface area contributed by atoms with E-state index in [-0.39, 0.29) is 11.8 Å². The number of rotatable bonds is 5. The summed E-state index contributed by atoms with van der Waals surface area (Å²) in [5.41, 5.74) is 8.11. The summed E-state index contributed by atoms with van der Waals surface area (Å²) in [6.45, 7) is 0. The lowest BCUT2D eigenvalue weighted by molar-refractivity contribution is -0.118. The van der Waals surface area contributed by atoms with Gasteiger partial charge in [0.2, 0.25) is 0 Å². The molecular formula is C16H16INO. The minimum absolute atomic E-state index is 0.178. The van der Waals surface area contributed by atoms with Gasteiger partial charge in [0.05, 0.1) is 0 Å². The summed E-state index contributed by atoms with van der Waals surface area (Å²) in [5, 5.41) is 0. The van der Waals surface area contributed by atoms with Gasteiger partial charge in [-0.25, -0.2) is 0 Å². The highest BCUT2D eigenvalue weighted by Gasteiger charge is 2.11. The van der Waals surface area contributed by atoms with Crippen LogP contribution in [0.5, 0.6) is 0 Å². The van der Waals surface area contributed by atoms with Gasteiger partial charge in [-0.2, -0.15) is 0 Å². The molecule has 0 aliphatic rings. The van der Waals surface area contributed by atoms with Gasteiger partial charge in [-0.15, -0.1) is 0 Å². The molecule has 2 N–H and O–H groups in total. The molecule has 0 fully saturated rings. The number of nitrogens with two attached hydrogens (primary N) is 1. The number of carbonyl (C=O) groups excluding carboxylic acids is 1. The monoisotopic (exact) mass is 365 g/mol. The molecule has 1 unspecified atom stereocenters. The lowest BCUT2D eigenvalue weighted by atomic mass is 9.99. The van der Waals surface area contributed by atoms with E-state index in [1.54, 1.807) is 0 Å². The van der Waals surface area contributed by atoms with Crippen LogP contribution in [0.15, 0.2) is 54.6 Å². The third kappa shape index (κ3) is 4.44. The molecule has 98 valence electrons. The van der Waals surface area contributed by atoms with Crippen LogP contribution < -0.4 is 5.73 Å². The molecule has 2 rings (SSSR count). The fourth-order valence-corrected chi connectivity index (χ4v) is 2.33. The summed E-state index contributed by atoms with van der Waals surface area (Å²) in [6, 6.07) is 17.6. The summed E-state index contributed by atoms with van der Waals surface area (Å²) >= 11 is 2.25. The van der Waals surface area contributed by atoms with Gasteiger partial charge in [0.1, 0.15) is 5.78 Å². The zero-order valence-corrected chi connectivity index (χ0v) is 12.7. The van der Waals surface area contributed by atoms with E-state index in [1.165, 1.54) is 3.57 Å². The molecule has 0 amide bonds. The van der Waals surface area contributed by atoms with Crippen molar-refractivity contribution in [1.29, 1.82) is 0 Å². The normalized spacial score (nSPS) is 12.1. The van der Waals surface area contributed by atoms with Crippen LogP contribution in [0.3, 0.4) is 0 Å². The average Bonchev–Trinajstić information content (AvgIpc) is 2.42. The van der Waals surface area contributed by atoms with E-state index in [0.717, 1.165) is 11.1 Å². The molecular weight excluding hydrogens is 349 g/mol. The second kappa shape index (κ2) is 6.82. The molecule has 2 aromatic rings. The Morgan fingerprint density at radius 3 is 2.32 bits per heavy atom. The first-order valence-corrected chi connectivity index (χ1v) is 7.29. The fourth-order valence-electron chi connectivity index (χ4n) is 1.97. The number of halogens is 1. The predicted molar refractivity (Wildman–Crippen MR) is 85.9 cm³/mol. The molecule has 0 saturated heterocycles. The molecule has 0 heterocycles. The third-order valence-corrected chi connectivity index (χ3v) is 3.71. The maximum atomic E-state index is 12.0. The van der Waals surface area contributed by atoms with Crippen molar-refractivity contribution in [3.8, 4) is 0 Å². The van der Waals surface area contributed by atoms with E-state index in [1.807, 2.05) is 54.6 Å².